The number of rotatable bonds is 9. The molecule has 0 radical (unpaired) electrons. The number of nitrogens with zero attached hydrogens (tertiary/aromatic N) is 3. The van der Waals surface area contributed by atoms with Crippen LogP contribution < -0.4 is 15.5 Å². The largest absolute Gasteiger partial charge is 0.372 e. The van der Waals surface area contributed by atoms with Gasteiger partial charge in [-0.3, -0.25) is 0 Å². The Morgan fingerprint density at radius 1 is 1.26 bits per heavy atom. The van der Waals surface area contributed by atoms with Gasteiger partial charge < -0.3 is 20.3 Å². The van der Waals surface area contributed by atoms with Crippen molar-refractivity contribution in [1.29, 1.82) is 0 Å². The van der Waals surface area contributed by atoms with Crippen LogP contribution in [0, 0.1) is 0 Å². The number of hydrogen-bond donors (Lipinski definition) is 2. The molecular formula is C20H35N5OS. The average molecular weight is 394 g/mol. The number of guanidine groups is 1. The van der Waals surface area contributed by atoms with Gasteiger partial charge >= 0.3 is 0 Å². The van der Waals surface area contributed by atoms with Crippen LogP contribution in [0.25, 0.3) is 0 Å². The maximum atomic E-state index is 5.80. The van der Waals surface area contributed by atoms with E-state index in [1.165, 1.54) is 12.2 Å². The summed E-state index contributed by atoms with van der Waals surface area (Å²) < 4.78 is 5.80. The van der Waals surface area contributed by atoms with Gasteiger partial charge in [-0.1, -0.05) is 6.07 Å². The summed E-state index contributed by atoms with van der Waals surface area (Å²) in [5, 5.41) is 6.72. The van der Waals surface area contributed by atoms with Crippen molar-refractivity contribution in [1.82, 2.24) is 15.6 Å². The van der Waals surface area contributed by atoms with Crippen molar-refractivity contribution < 1.29 is 4.74 Å². The first-order chi connectivity index (χ1) is 13.1. The maximum Gasteiger partial charge on any atom is 0.191 e. The topological polar surface area (TPSA) is 61.8 Å². The Morgan fingerprint density at radius 3 is 2.67 bits per heavy atom. The van der Waals surface area contributed by atoms with Crippen molar-refractivity contribution in [2.45, 2.75) is 52.4 Å². The summed E-state index contributed by atoms with van der Waals surface area (Å²) in [5.41, 5.74) is 1.12. The maximum absolute atomic E-state index is 5.80. The van der Waals surface area contributed by atoms with Crippen molar-refractivity contribution in [3.05, 3.63) is 23.9 Å². The van der Waals surface area contributed by atoms with Crippen molar-refractivity contribution >= 4 is 23.5 Å². The van der Waals surface area contributed by atoms with E-state index in [1.54, 1.807) is 0 Å². The SMILES string of the molecule is CCNC(=NCc1ccc(N2CC(C)OC(C)C2)nc1)NCCCCSC. The number of anilines is 1. The Balaban J connectivity index is 1.86. The zero-order chi connectivity index (χ0) is 19.5. The average Bonchev–Trinajstić information content (AvgIpc) is 2.65. The standard InChI is InChI=1S/C20H35N5OS/c1-5-21-20(22-10-6-7-11-27-4)24-13-18-8-9-19(23-12-18)25-14-16(2)26-17(3)15-25/h8-9,12,16-17H,5-7,10-11,13-15H2,1-4H3,(H2,21,22,24). The van der Waals surface area contributed by atoms with Crippen LogP contribution >= 0.6 is 11.8 Å². The molecular weight excluding hydrogens is 358 g/mol. The summed E-state index contributed by atoms with van der Waals surface area (Å²) in [4.78, 5) is 11.6. The minimum absolute atomic E-state index is 0.240. The number of nitrogens with one attached hydrogen (secondary N) is 2. The molecule has 2 rings (SSSR count). The number of pyridine rings is 1. The summed E-state index contributed by atoms with van der Waals surface area (Å²) in [7, 11) is 0. The zero-order valence-electron chi connectivity index (χ0n) is 17.2. The number of hydrogen-bond acceptors (Lipinski definition) is 5. The van der Waals surface area contributed by atoms with Crippen LogP contribution in [0.1, 0.15) is 39.2 Å². The monoisotopic (exact) mass is 393 g/mol. The minimum Gasteiger partial charge on any atom is -0.372 e. The minimum atomic E-state index is 0.240. The van der Waals surface area contributed by atoms with E-state index in [2.05, 4.69) is 64.7 Å². The predicted molar refractivity (Wildman–Crippen MR) is 117 cm³/mol. The van der Waals surface area contributed by atoms with Gasteiger partial charge in [0.15, 0.2) is 5.96 Å². The zero-order valence-corrected chi connectivity index (χ0v) is 18.0. The Labute approximate surface area is 168 Å². The second kappa shape index (κ2) is 12.1. The van der Waals surface area contributed by atoms with Crippen molar-refractivity contribution in [2.75, 3.05) is 43.1 Å². The lowest BCUT2D eigenvalue weighted by molar-refractivity contribution is -0.00545. The van der Waals surface area contributed by atoms with E-state index >= 15 is 0 Å². The van der Waals surface area contributed by atoms with Gasteiger partial charge in [0.1, 0.15) is 5.82 Å². The van der Waals surface area contributed by atoms with Gasteiger partial charge in [-0.05, 0) is 57.3 Å². The van der Waals surface area contributed by atoms with E-state index in [0.717, 1.165) is 49.9 Å². The summed E-state index contributed by atoms with van der Waals surface area (Å²) in [5.74, 6) is 3.11. The molecule has 1 aliphatic heterocycles. The lowest BCUT2D eigenvalue weighted by atomic mass is 10.2. The fourth-order valence-electron chi connectivity index (χ4n) is 3.15. The van der Waals surface area contributed by atoms with Gasteiger partial charge in [0, 0.05) is 32.4 Å². The van der Waals surface area contributed by atoms with Crippen LogP contribution in [0.4, 0.5) is 5.82 Å². The Morgan fingerprint density at radius 2 is 2.04 bits per heavy atom. The third kappa shape index (κ3) is 7.97. The normalized spacial score (nSPS) is 20.6. The molecule has 0 bridgehead atoms. The Kier molecular flexibility index (Phi) is 9.77. The molecule has 2 N–H and O–H groups in total. The third-order valence-corrected chi connectivity index (χ3v) is 5.08. The fourth-order valence-corrected chi connectivity index (χ4v) is 3.65. The molecule has 0 saturated carbocycles. The molecule has 0 aliphatic carbocycles. The first-order valence-corrected chi connectivity index (χ1v) is 11.4. The van der Waals surface area contributed by atoms with E-state index in [0.29, 0.717) is 6.54 Å². The Bertz CT molecular complexity index is 556. The van der Waals surface area contributed by atoms with Gasteiger partial charge in [-0.25, -0.2) is 9.98 Å². The molecule has 7 heteroatoms. The highest BCUT2D eigenvalue weighted by atomic mass is 32.2. The molecule has 1 aromatic rings. The highest BCUT2D eigenvalue weighted by molar-refractivity contribution is 7.98. The molecule has 1 fully saturated rings. The van der Waals surface area contributed by atoms with Gasteiger partial charge in [0.25, 0.3) is 0 Å². The van der Waals surface area contributed by atoms with Crippen LogP contribution in [0.15, 0.2) is 23.3 Å². The highest BCUT2D eigenvalue weighted by Gasteiger charge is 2.22. The van der Waals surface area contributed by atoms with E-state index in [9.17, 15) is 0 Å². The molecule has 2 unspecified atom stereocenters. The Hall–Kier alpha value is -1.47. The smallest absolute Gasteiger partial charge is 0.191 e. The molecule has 1 aliphatic rings. The second-order valence-electron chi connectivity index (χ2n) is 7.01. The summed E-state index contributed by atoms with van der Waals surface area (Å²) in [6.07, 6.45) is 6.97. The van der Waals surface area contributed by atoms with Gasteiger partial charge in [-0.15, -0.1) is 0 Å². The molecule has 6 nitrogen and oxygen atoms in total. The third-order valence-electron chi connectivity index (χ3n) is 4.38. The van der Waals surface area contributed by atoms with Crippen LogP contribution in [-0.4, -0.2) is 61.3 Å². The van der Waals surface area contributed by atoms with Crippen LogP contribution in [-0.2, 0) is 11.3 Å². The van der Waals surface area contributed by atoms with E-state index in [1.807, 2.05) is 18.0 Å². The number of morpholine rings is 1. The van der Waals surface area contributed by atoms with Crippen molar-refractivity contribution in [3.8, 4) is 0 Å². The van der Waals surface area contributed by atoms with Crippen molar-refractivity contribution in [3.63, 3.8) is 0 Å². The van der Waals surface area contributed by atoms with E-state index in [4.69, 9.17) is 4.74 Å². The molecule has 2 heterocycles. The molecule has 1 saturated heterocycles. The number of unbranched alkanes of at least 4 members (excludes halogenated alkanes) is 1. The number of aromatic nitrogens is 1. The molecule has 0 aromatic carbocycles. The summed E-state index contributed by atoms with van der Waals surface area (Å²) in [6, 6.07) is 4.22. The van der Waals surface area contributed by atoms with Crippen LogP contribution in [0.5, 0.6) is 0 Å². The summed E-state index contributed by atoms with van der Waals surface area (Å²) >= 11 is 1.90. The van der Waals surface area contributed by atoms with Gasteiger partial charge in [0.2, 0.25) is 0 Å². The molecule has 27 heavy (non-hydrogen) atoms. The lowest BCUT2D eigenvalue weighted by Gasteiger charge is -2.36. The van der Waals surface area contributed by atoms with Gasteiger partial charge in [0.05, 0.1) is 18.8 Å². The molecule has 0 amide bonds. The number of aliphatic imine (C=N–C) groups is 1. The first kappa shape index (κ1) is 21.8. The van der Waals surface area contributed by atoms with Crippen molar-refractivity contribution in [2.24, 2.45) is 4.99 Å². The quantitative estimate of drug-likeness (QED) is 0.382. The predicted octanol–water partition coefficient (Wildman–Crippen LogP) is 2.89. The second-order valence-corrected chi connectivity index (χ2v) is 7.99. The lowest BCUT2D eigenvalue weighted by Crippen LogP contribution is -2.45. The number of ether oxygens (including phenoxy) is 1. The molecule has 0 spiro atoms. The highest BCUT2D eigenvalue weighted by Crippen LogP contribution is 2.18. The fraction of sp³-hybridized carbons (Fsp3) is 0.700. The van der Waals surface area contributed by atoms with Crippen LogP contribution in [0.3, 0.4) is 0 Å². The molecule has 152 valence electrons. The summed E-state index contributed by atoms with van der Waals surface area (Å²) in [6.45, 7) is 10.5. The van der Waals surface area contributed by atoms with E-state index in [-0.39, 0.29) is 12.2 Å². The first-order valence-electron chi connectivity index (χ1n) is 9.98. The van der Waals surface area contributed by atoms with Crippen LogP contribution in [0.2, 0.25) is 0 Å². The number of thioether (sulfide) groups is 1. The molecule has 1 aromatic heterocycles. The van der Waals surface area contributed by atoms with E-state index < -0.39 is 0 Å². The molecule has 2 atom stereocenters. The van der Waals surface area contributed by atoms with Gasteiger partial charge in [-0.2, -0.15) is 11.8 Å².